The largest absolute Gasteiger partial charge is 0.356 e. The van der Waals surface area contributed by atoms with E-state index in [0.29, 0.717) is 0 Å². The van der Waals surface area contributed by atoms with Gasteiger partial charge in [0.05, 0.1) is 0 Å². The molecule has 0 aliphatic carbocycles. The van der Waals surface area contributed by atoms with Gasteiger partial charge in [0, 0.05) is 20.0 Å². The molecule has 0 heterocycles. The third-order valence-electron chi connectivity index (χ3n) is 1.47. The number of hydrogen-bond acceptors (Lipinski definition) is 2. The van der Waals surface area contributed by atoms with Crippen LogP contribution in [0, 0.1) is 5.41 Å². The molecule has 0 fully saturated rings. The van der Waals surface area contributed by atoms with Crippen LogP contribution in [-0.2, 0) is 4.79 Å². The second-order valence-electron chi connectivity index (χ2n) is 3.60. The van der Waals surface area contributed by atoms with Gasteiger partial charge in [0.2, 0.25) is 5.91 Å². The fourth-order valence-corrected chi connectivity index (χ4v) is 0.905. The third kappa shape index (κ3) is 7.82. The Bertz CT molecular complexity index is 137. The highest BCUT2D eigenvalue weighted by atomic mass is 35.5. The van der Waals surface area contributed by atoms with Gasteiger partial charge in [0.25, 0.3) is 0 Å². The first-order valence-electron chi connectivity index (χ1n) is 3.87. The van der Waals surface area contributed by atoms with Gasteiger partial charge in [-0.1, -0.05) is 13.8 Å². The van der Waals surface area contributed by atoms with Crippen LogP contribution in [0.5, 0.6) is 0 Å². The molecule has 0 bridgehead atoms. The Morgan fingerprint density at radius 3 is 2.17 bits per heavy atom. The predicted octanol–water partition coefficient (Wildman–Crippen LogP) is 0.790. The van der Waals surface area contributed by atoms with Crippen LogP contribution in [-0.4, -0.2) is 26.0 Å². The van der Waals surface area contributed by atoms with E-state index in [1.54, 1.807) is 0 Å². The summed E-state index contributed by atoms with van der Waals surface area (Å²) < 4.78 is 0. The summed E-state index contributed by atoms with van der Waals surface area (Å²) in [4.78, 5) is 10.6. The number of hydrogen-bond donors (Lipinski definition) is 2. The molecule has 0 unspecified atom stereocenters. The third-order valence-corrected chi connectivity index (χ3v) is 1.47. The number of halogens is 1. The summed E-state index contributed by atoms with van der Waals surface area (Å²) in [6.07, 6.45) is 0. The smallest absolute Gasteiger partial charge is 0.216 e. The molecule has 0 aliphatic heterocycles. The zero-order chi connectivity index (χ0) is 8.91. The Hall–Kier alpha value is -0.280. The molecule has 0 radical (unpaired) electrons. The second kappa shape index (κ2) is 6.26. The molecule has 4 heteroatoms. The molecule has 0 aromatic heterocycles. The lowest BCUT2D eigenvalue weighted by atomic mass is 9.93. The lowest BCUT2D eigenvalue weighted by Crippen LogP contribution is -2.38. The monoisotopic (exact) mass is 194 g/mol. The first-order chi connectivity index (χ1) is 4.98. The average Bonchev–Trinajstić information content (AvgIpc) is 1.84. The van der Waals surface area contributed by atoms with Crippen molar-refractivity contribution >= 4 is 18.3 Å². The zero-order valence-electron chi connectivity index (χ0n) is 8.23. The van der Waals surface area contributed by atoms with E-state index in [1.807, 2.05) is 7.05 Å². The Kier molecular flexibility index (Phi) is 7.44. The normalized spacial score (nSPS) is 10.3. The number of nitrogens with one attached hydrogen (secondary N) is 2. The number of rotatable bonds is 4. The van der Waals surface area contributed by atoms with Crippen molar-refractivity contribution in [1.82, 2.24) is 10.6 Å². The fraction of sp³-hybridized carbons (Fsp3) is 0.875. The lowest BCUT2D eigenvalue weighted by Gasteiger charge is -2.23. The van der Waals surface area contributed by atoms with Crippen LogP contribution in [0.25, 0.3) is 0 Å². The molecule has 74 valence electrons. The van der Waals surface area contributed by atoms with E-state index in [0.717, 1.165) is 13.1 Å². The van der Waals surface area contributed by atoms with Crippen molar-refractivity contribution in [3.8, 4) is 0 Å². The van der Waals surface area contributed by atoms with Crippen LogP contribution in [0.1, 0.15) is 20.8 Å². The SMILES string of the molecule is CNCC(C)(C)CNC(C)=O.Cl. The predicted molar refractivity (Wildman–Crippen MR) is 53.6 cm³/mol. The van der Waals surface area contributed by atoms with E-state index in [4.69, 9.17) is 0 Å². The highest BCUT2D eigenvalue weighted by Gasteiger charge is 2.16. The molecule has 0 atom stereocenters. The van der Waals surface area contributed by atoms with Crippen LogP contribution >= 0.6 is 12.4 Å². The first kappa shape index (κ1) is 14.3. The molecule has 0 saturated carbocycles. The van der Waals surface area contributed by atoms with Crippen LogP contribution < -0.4 is 10.6 Å². The summed E-state index contributed by atoms with van der Waals surface area (Å²) in [5.41, 5.74) is 0.139. The van der Waals surface area contributed by atoms with Gasteiger partial charge in [0.1, 0.15) is 0 Å². The van der Waals surface area contributed by atoms with Crippen molar-refractivity contribution in [3.63, 3.8) is 0 Å². The zero-order valence-corrected chi connectivity index (χ0v) is 9.05. The van der Waals surface area contributed by atoms with E-state index in [2.05, 4.69) is 24.5 Å². The summed E-state index contributed by atoms with van der Waals surface area (Å²) in [5.74, 6) is 0.0363. The highest BCUT2D eigenvalue weighted by molar-refractivity contribution is 5.85. The van der Waals surface area contributed by atoms with E-state index in [1.165, 1.54) is 6.92 Å². The van der Waals surface area contributed by atoms with E-state index >= 15 is 0 Å². The molecular formula is C8H19ClN2O. The van der Waals surface area contributed by atoms with Crippen LogP contribution in [0.2, 0.25) is 0 Å². The Balaban J connectivity index is 0. The molecule has 0 spiro atoms. The maximum Gasteiger partial charge on any atom is 0.216 e. The van der Waals surface area contributed by atoms with Crippen molar-refractivity contribution in [1.29, 1.82) is 0 Å². The molecular weight excluding hydrogens is 176 g/mol. The Morgan fingerprint density at radius 1 is 1.33 bits per heavy atom. The Morgan fingerprint density at radius 2 is 1.83 bits per heavy atom. The maximum atomic E-state index is 10.6. The van der Waals surface area contributed by atoms with Gasteiger partial charge >= 0.3 is 0 Å². The molecule has 3 nitrogen and oxygen atoms in total. The number of carbonyl (C=O) groups excluding carboxylic acids is 1. The molecule has 0 rings (SSSR count). The summed E-state index contributed by atoms with van der Waals surface area (Å²) in [5, 5.41) is 5.87. The molecule has 0 aromatic carbocycles. The second-order valence-corrected chi connectivity index (χ2v) is 3.60. The van der Waals surface area contributed by atoms with E-state index in [9.17, 15) is 4.79 Å². The average molecular weight is 195 g/mol. The number of amides is 1. The topological polar surface area (TPSA) is 41.1 Å². The van der Waals surface area contributed by atoms with Gasteiger partial charge < -0.3 is 10.6 Å². The molecule has 0 aliphatic rings. The Labute approximate surface area is 80.7 Å². The minimum Gasteiger partial charge on any atom is -0.356 e. The maximum absolute atomic E-state index is 10.6. The first-order valence-corrected chi connectivity index (χ1v) is 3.87. The molecule has 12 heavy (non-hydrogen) atoms. The standard InChI is InChI=1S/C8H18N2O.ClH/c1-7(11)10-6-8(2,3)5-9-4;/h9H,5-6H2,1-4H3,(H,10,11);1H. The molecule has 2 N–H and O–H groups in total. The quantitative estimate of drug-likeness (QED) is 0.695. The lowest BCUT2D eigenvalue weighted by molar-refractivity contribution is -0.119. The highest BCUT2D eigenvalue weighted by Crippen LogP contribution is 2.10. The summed E-state index contributed by atoms with van der Waals surface area (Å²) in [6.45, 7) is 7.39. The van der Waals surface area contributed by atoms with Crippen molar-refractivity contribution in [3.05, 3.63) is 0 Å². The van der Waals surface area contributed by atoms with Crippen LogP contribution in [0.3, 0.4) is 0 Å². The van der Waals surface area contributed by atoms with Crippen LogP contribution in [0.4, 0.5) is 0 Å². The van der Waals surface area contributed by atoms with Crippen molar-refractivity contribution in [2.75, 3.05) is 20.1 Å². The number of carbonyl (C=O) groups is 1. The minimum absolute atomic E-state index is 0. The van der Waals surface area contributed by atoms with Gasteiger partial charge in [-0.2, -0.15) is 0 Å². The minimum atomic E-state index is 0. The van der Waals surface area contributed by atoms with Gasteiger partial charge in [-0.3, -0.25) is 4.79 Å². The van der Waals surface area contributed by atoms with Gasteiger partial charge in [-0.15, -0.1) is 12.4 Å². The van der Waals surface area contributed by atoms with E-state index < -0.39 is 0 Å². The molecule has 1 amide bonds. The van der Waals surface area contributed by atoms with Crippen molar-refractivity contribution in [2.45, 2.75) is 20.8 Å². The fourth-order valence-electron chi connectivity index (χ4n) is 0.905. The molecule has 0 aromatic rings. The van der Waals surface area contributed by atoms with Gasteiger partial charge in [0.15, 0.2) is 0 Å². The summed E-state index contributed by atoms with van der Waals surface area (Å²) >= 11 is 0. The van der Waals surface area contributed by atoms with E-state index in [-0.39, 0.29) is 23.7 Å². The van der Waals surface area contributed by atoms with Crippen LogP contribution in [0.15, 0.2) is 0 Å². The van der Waals surface area contributed by atoms with Gasteiger partial charge in [-0.05, 0) is 12.5 Å². The summed E-state index contributed by atoms with van der Waals surface area (Å²) in [6, 6.07) is 0. The van der Waals surface area contributed by atoms with Crippen molar-refractivity contribution < 1.29 is 4.79 Å². The summed E-state index contributed by atoms with van der Waals surface area (Å²) in [7, 11) is 1.91. The molecule has 0 saturated heterocycles. The van der Waals surface area contributed by atoms with Gasteiger partial charge in [-0.25, -0.2) is 0 Å². The van der Waals surface area contributed by atoms with Crippen molar-refractivity contribution in [2.24, 2.45) is 5.41 Å².